The molecule has 1 saturated carbocycles. The number of nitrogen functional groups attached to an aromatic ring is 1. The van der Waals surface area contributed by atoms with E-state index in [0.29, 0.717) is 17.1 Å². The molecule has 0 atom stereocenters. The Labute approximate surface area is 165 Å². The van der Waals surface area contributed by atoms with E-state index in [4.69, 9.17) is 11.5 Å². The fourth-order valence-corrected chi connectivity index (χ4v) is 4.18. The second kappa shape index (κ2) is 7.16. The Hall–Kier alpha value is -3.49. The highest BCUT2D eigenvalue weighted by Gasteiger charge is 2.28. The fraction of sp³-hybridized carbons (Fsp3) is 0.300. The minimum Gasteiger partial charge on any atom is -0.392 e. The first kappa shape index (κ1) is 18.9. The zero-order valence-electron chi connectivity index (χ0n) is 15.6. The van der Waals surface area contributed by atoms with Crippen LogP contribution in [0.3, 0.4) is 0 Å². The Morgan fingerprint density at radius 1 is 1.24 bits per heavy atom. The van der Waals surface area contributed by atoms with E-state index in [1.54, 1.807) is 18.5 Å². The molecular weight excluding hydrogens is 377 g/mol. The topological polar surface area (TPSA) is 130 Å². The van der Waals surface area contributed by atoms with Crippen molar-refractivity contribution >= 4 is 28.3 Å². The van der Waals surface area contributed by atoms with Crippen molar-refractivity contribution in [3.63, 3.8) is 0 Å². The van der Waals surface area contributed by atoms with Gasteiger partial charge in [0.25, 0.3) is 5.91 Å². The minimum absolute atomic E-state index is 0.0240. The molecule has 1 heterocycles. The number of imidazole rings is 1. The van der Waals surface area contributed by atoms with Crippen LogP contribution in [0, 0.1) is 15.9 Å². The molecule has 0 aliphatic heterocycles. The molecule has 2 aromatic carbocycles. The molecule has 1 aliphatic rings. The number of benzene rings is 2. The highest BCUT2D eigenvalue weighted by molar-refractivity contribution is 6.03. The van der Waals surface area contributed by atoms with Crippen molar-refractivity contribution in [1.82, 2.24) is 9.55 Å². The minimum atomic E-state index is -1.16. The number of fused-ring (bicyclic) bond motifs is 1. The van der Waals surface area contributed by atoms with Gasteiger partial charge in [0.1, 0.15) is 17.1 Å². The van der Waals surface area contributed by atoms with Crippen LogP contribution in [-0.2, 0) is 0 Å². The van der Waals surface area contributed by atoms with Crippen LogP contribution >= 0.6 is 0 Å². The van der Waals surface area contributed by atoms with E-state index in [0.717, 1.165) is 24.4 Å². The number of hydrogen-bond acceptors (Lipinski definition) is 5. The lowest BCUT2D eigenvalue weighted by Gasteiger charge is -2.23. The number of hydrogen-bond donors (Lipinski definition) is 2. The molecule has 0 radical (unpaired) electrons. The first-order valence-corrected chi connectivity index (χ1v) is 9.41. The highest BCUT2D eigenvalue weighted by Crippen LogP contribution is 2.39. The largest absolute Gasteiger partial charge is 0.392 e. The summed E-state index contributed by atoms with van der Waals surface area (Å²) < 4.78 is 16.6. The summed E-state index contributed by atoms with van der Waals surface area (Å²) in [5.74, 6) is -2.15. The number of aromatic nitrogens is 2. The third-order valence-electron chi connectivity index (χ3n) is 5.57. The number of nitrogens with two attached hydrogens (primary N) is 2. The summed E-state index contributed by atoms with van der Waals surface area (Å²) in [5, 5.41) is 11.6. The zero-order chi connectivity index (χ0) is 20.7. The molecule has 150 valence electrons. The molecule has 0 bridgehead atoms. The van der Waals surface area contributed by atoms with E-state index >= 15 is 0 Å². The van der Waals surface area contributed by atoms with Crippen molar-refractivity contribution in [3.05, 3.63) is 52.1 Å². The lowest BCUT2D eigenvalue weighted by atomic mass is 9.95. The second-order valence-corrected chi connectivity index (χ2v) is 7.31. The van der Waals surface area contributed by atoms with Crippen LogP contribution in [0.25, 0.3) is 22.2 Å². The van der Waals surface area contributed by atoms with E-state index in [1.165, 1.54) is 19.3 Å². The number of carbonyl (C=O) groups is 1. The van der Waals surface area contributed by atoms with Crippen LogP contribution in [0.5, 0.6) is 0 Å². The van der Waals surface area contributed by atoms with Gasteiger partial charge in [-0.25, -0.2) is 9.37 Å². The van der Waals surface area contributed by atoms with Crippen LogP contribution in [0.2, 0.25) is 0 Å². The van der Waals surface area contributed by atoms with Gasteiger partial charge in [-0.2, -0.15) is 0 Å². The monoisotopic (exact) mass is 397 g/mol. The van der Waals surface area contributed by atoms with Gasteiger partial charge in [-0.15, -0.1) is 0 Å². The van der Waals surface area contributed by atoms with Gasteiger partial charge in [0.15, 0.2) is 0 Å². The molecule has 4 N–H and O–H groups in total. The van der Waals surface area contributed by atoms with Crippen molar-refractivity contribution in [3.8, 4) is 11.1 Å². The predicted octanol–water partition coefficient (Wildman–Crippen LogP) is 3.94. The molecular formula is C20H20FN5O3. The van der Waals surface area contributed by atoms with E-state index in [2.05, 4.69) is 9.55 Å². The third kappa shape index (κ3) is 3.18. The van der Waals surface area contributed by atoms with Gasteiger partial charge in [0, 0.05) is 6.04 Å². The van der Waals surface area contributed by atoms with Gasteiger partial charge in [-0.3, -0.25) is 14.9 Å². The number of primary amides is 1. The smallest absolute Gasteiger partial charge is 0.300 e. The van der Waals surface area contributed by atoms with Crippen LogP contribution < -0.4 is 11.5 Å². The van der Waals surface area contributed by atoms with Gasteiger partial charge in [-0.1, -0.05) is 25.3 Å². The Morgan fingerprint density at radius 3 is 2.62 bits per heavy atom. The average molecular weight is 397 g/mol. The Morgan fingerprint density at radius 2 is 1.97 bits per heavy atom. The maximum absolute atomic E-state index is 14.4. The van der Waals surface area contributed by atoms with Crippen LogP contribution in [0.4, 0.5) is 15.8 Å². The van der Waals surface area contributed by atoms with E-state index in [-0.39, 0.29) is 5.56 Å². The number of nitrogens with zero attached hydrogens (tertiary/aromatic N) is 3. The number of nitro groups is 1. The summed E-state index contributed by atoms with van der Waals surface area (Å²) in [6, 6.07) is 6.48. The molecule has 0 unspecified atom stereocenters. The number of amides is 1. The van der Waals surface area contributed by atoms with Crippen molar-refractivity contribution in [2.24, 2.45) is 5.73 Å². The Balaban J connectivity index is 1.85. The molecule has 4 rings (SSSR count). The zero-order valence-corrected chi connectivity index (χ0v) is 15.6. The van der Waals surface area contributed by atoms with Crippen molar-refractivity contribution in [2.75, 3.05) is 5.73 Å². The summed E-state index contributed by atoms with van der Waals surface area (Å²) in [7, 11) is 0. The lowest BCUT2D eigenvalue weighted by molar-refractivity contribution is -0.383. The first-order valence-electron chi connectivity index (χ1n) is 9.41. The highest BCUT2D eigenvalue weighted by atomic mass is 19.1. The van der Waals surface area contributed by atoms with Gasteiger partial charge in [0.05, 0.1) is 27.8 Å². The molecule has 0 saturated heterocycles. The summed E-state index contributed by atoms with van der Waals surface area (Å²) in [5.41, 5.74) is 11.0. The molecule has 1 aliphatic carbocycles. The molecule has 3 aromatic rings. The normalized spacial score (nSPS) is 14.9. The fourth-order valence-electron chi connectivity index (χ4n) is 4.18. The third-order valence-corrected chi connectivity index (χ3v) is 5.57. The number of rotatable bonds is 4. The number of nitro benzene ring substituents is 1. The SMILES string of the molecule is NC(=O)c1c(F)cc(-c2ccc3c(c2)ncn3C2CCCCC2)c([N+](=O)[O-])c1N. The predicted molar refractivity (Wildman–Crippen MR) is 107 cm³/mol. The molecule has 29 heavy (non-hydrogen) atoms. The maximum atomic E-state index is 14.4. The second-order valence-electron chi connectivity index (χ2n) is 7.31. The van der Waals surface area contributed by atoms with Crippen LogP contribution in [0.15, 0.2) is 30.6 Å². The molecule has 9 heteroatoms. The van der Waals surface area contributed by atoms with Gasteiger partial charge < -0.3 is 16.0 Å². The lowest BCUT2D eigenvalue weighted by Crippen LogP contribution is -2.17. The number of carbonyl (C=O) groups excluding carboxylic acids is 1. The molecule has 1 fully saturated rings. The van der Waals surface area contributed by atoms with Gasteiger partial charge in [-0.05, 0) is 36.6 Å². The van der Waals surface area contributed by atoms with Crippen molar-refractivity contribution in [1.29, 1.82) is 0 Å². The standard InChI is InChI=1S/C20H20FN5O3/c21-14-9-13(19(26(28)29)18(22)17(14)20(23)27)11-6-7-16-15(8-11)24-10-25(16)12-4-2-1-3-5-12/h6-10,12H,1-5,22H2,(H2,23,27). The van der Waals surface area contributed by atoms with Gasteiger partial charge in [0.2, 0.25) is 0 Å². The Kier molecular flexibility index (Phi) is 4.65. The number of halogens is 1. The summed E-state index contributed by atoms with van der Waals surface area (Å²) in [6.45, 7) is 0. The molecule has 8 nitrogen and oxygen atoms in total. The number of anilines is 1. The maximum Gasteiger partial charge on any atom is 0.300 e. The summed E-state index contributed by atoms with van der Waals surface area (Å²) in [6.07, 6.45) is 7.57. The van der Waals surface area contributed by atoms with Crippen LogP contribution in [-0.4, -0.2) is 20.4 Å². The quantitative estimate of drug-likeness (QED) is 0.391. The van der Waals surface area contributed by atoms with Crippen LogP contribution in [0.1, 0.15) is 48.5 Å². The molecule has 0 spiro atoms. The summed E-state index contributed by atoms with van der Waals surface area (Å²) in [4.78, 5) is 26.8. The van der Waals surface area contributed by atoms with Crippen molar-refractivity contribution in [2.45, 2.75) is 38.1 Å². The van der Waals surface area contributed by atoms with E-state index in [9.17, 15) is 19.3 Å². The average Bonchev–Trinajstić information content (AvgIpc) is 3.10. The Bertz CT molecular complexity index is 1130. The summed E-state index contributed by atoms with van der Waals surface area (Å²) >= 11 is 0. The first-order chi connectivity index (χ1) is 13.9. The van der Waals surface area contributed by atoms with Crippen molar-refractivity contribution < 1.29 is 14.1 Å². The van der Waals surface area contributed by atoms with E-state index in [1.807, 2.05) is 6.07 Å². The van der Waals surface area contributed by atoms with Gasteiger partial charge >= 0.3 is 5.69 Å². The van der Waals surface area contributed by atoms with E-state index < -0.39 is 33.6 Å². The molecule has 1 amide bonds. The molecule has 1 aromatic heterocycles.